The van der Waals surface area contributed by atoms with E-state index in [9.17, 15) is 0 Å². The fourth-order valence-corrected chi connectivity index (χ4v) is 3.65. The first-order valence-corrected chi connectivity index (χ1v) is 9.02. The van der Waals surface area contributed by atoms with Gasteiger partial charge >= 0.3 is 0 Å². The number of piperidine rings is 1. The van der Waals surface area contributed by atoms with Crippen molar-refractivity contribution in [1.82, 2.24) is 24.0 Å². The lowest BCUT2D eigenvalue weighted by atomic mass is 10.1. The minimum Gasteiger partial charge on any atom is -0.474 e. The monoisotopic (exact) mass is 344 g/mol. The smallest absolute Gasteiger partial charge is 0.217 e. The maximum Gasteiger partial charge on any atom is 0.217 e. The lowest BCUT2D eigenvalue weighted by molar-refractivity contribution is 0.164. The fraction of sp³-hybridized carbons (Fsp3) is 0.500. The summed E-state index contributed by atoms with van der Waals surface area (Å²) < 4.78 is 12.2. The van der Waals surface area contributed by atoms with Gasteiger partial charge in [-0.1, -0.05) is 13.8 Å². The number of hydrogen-bond donors (Lipinski definition) is 0. The van der Waals surface area contributed by atoms with Gasteiger partial charge in [0.15, 0.2) is 5.65 Å². The summed E-state index contributed by atoms with van der Waals surface area (Å²) in [6, 6.07) is 3.74. The number of hydrogen-bond acceptors (Lipinski definition) is 7. The van der Waals surface area contributed by atoms with Gasteiger partial charge in [0.2, 0.25) is 11.0 Å². The molecule has 4 heterocycles. The predicted octanol–water partition coefficient (Wildman–Crippen LogP) is 2.75. The molecule has 0 aromatic carbocycles. The van der Waals surface area contributed by atoms with Crippen LogP contribution in [0.4, 0.5) is 5.13 Å². The summed E-state index contributed by atoms with van der Waals surface area (Å²) in [5.41, 5.74) is 0.806. The van der Waals surface area contributed by atoms with Crippen molar-refractivity contribution in [3.8, 4) is 5.88 Å². The van der Waals surface area contributed by atoms with E-state index in [0.29, 0.717) is 11.8 Å². The highest BCUT2D eigenvalue weighted by molar-refractivity contribution is 7.09. The van der Waals surface area contributed by atoms with Crippen LogP contribution in [-0.4, -0.2) is 43.1 Å². The molecule has 0 atom stereocenters. The number of nitrogens with zero attached hydrogens (tertiary/aromatic N) is 6. The van der Waals surface area contributed by atoms with Gasteiger partial charge in [-0.25, -0.2) is 9.50 Å². The van der Waals surface area contributed by atoms with Crippen LogP contribution in [0.3, 0.4) is 0 Å². The van der Waals surface area contributed by atoms with Gasteiger partial charge in [-0.3, -0.25) is 0 Å². The highest BCUT2D eigenvalue weighted by Gasteiger charge is 2.23. The van der Waals surface area contributed by atoms with Gasteiger partial charge in [0.05, 0.1) is 6.20 Å². The Morgan fingerprint density at radius 3 is 2.79 bits per heavy atom. The molecular weight excluding hydrogens is 324 g/mol. The topological polar surface area (TPSA) is 68.4 Å². The molecular formula is C16H20N6OS. The summed E-state index contributed by atoms with van der Waals surface area (Å²) in [4.78, 5) is 11.4. The molecule has 1 saturated heterocycles. The van der Waals surface area contributed by atoms with E-state index >= 15 is 0 Å². The van der Waals surface area contributed by atoms with Crippen LogP contribution in [0.5, 0.6) is 5.88 Å². The Kier molecular flexibility index (Phi) is 4.05. The van der Waals surface area contributed by atoms with Crippen LogP contribution < -0.4 is 9.64 Å². The van der Waals surface area contributed by atoms with Gasteiger partial charge in [0.25, 0.3) is 0 Å². The van der Waals surface area contributed by atoms with Gasteiger partial charge < -0.3 is 9.64 Å². The number of ether oxygens (including phenoxy) is 1. The first kappa shape index (κ1) is 15.3. The third-order valence-electron chi connectivity index (χ3n) is 4.18. The zero-order valence-corrected chi connectivity index (χ0v) is 14.6. The summed E-state index contributed by atoms with van der Waals surface area (Å²) in [5.74, 6) is 1.98. The molecule has 0 unspecified atom stereocenters. The number of rotatable bonds is 4. The van der Waals surface area contributed by atoms with Gasteiger partial charge in [0, 0.05) is 61.7 Å². The third-order valence-corrected chi connectivity index (χ3v) is 4.97. The average molecular weight is 344 g/mol. The first-order valence-electron chi connectivity index (χ1n) is 8.24. The predicted molar refractivity (Wildman–Crippen MR) is 92.8 cm³/mol. The lowest BCUT2D eigenvalue weighted by Crippen LogP contribution is -2.38. The maximum absolute atomic E-state index is 6.05. The van der Waals surface area contributed by atoms with Gasteiger partial charge in [0.1, 0.15) is 11.9 Å². The summed E-state index contributed by atoms with van der Waals surface area (Å²) in [5, 5.41) is 5.17. The lowest BCUT2D eigenvalue weighted by Gasteiger charge is -2.31. The third kappa shape index (κ3) is 3.06. The van der Waals surface area contributed by atoms with Crippen LogP contribution in [-0.2, 0) is 0 Å². The van der Waals surface area contributed by atoms with Crippen molar-refractivity contribution in [3.05, 3.63) is 30.4 Å². The van der Waals surface area contributed by atoms with Gasteiger partial charge in [-0.15, -0.1) is 0 Å². The highest BCUT2D eigenvalue weighted by atomic mass is 32.1. The average Bonchev–Trinajstić information content (AvgIpc) is 3.24. The zero-order valence-electron chi connectivity index (χ0n) is 13.8. The molecule has 3 aromatic heterocycles. The Morgan fingerprint density at radius 2 is 2.04 bits per heavy atom. The van der Waals surface area contributed by atoms with Crippen LogP contribution >= 0.6 is 11.5 Å². The van der Waals surface area contributed by atoms with E-state index in [1.54, 1.807) is 10.7 Å². The van der Waals surface area contributed by atoms with E-state index in [4.69, 9.17) is 4.74 Å². The molecule has 4 rings (SSSR count). The number of anilines is 1. The van der Waals surface area contributed by atoms with Crippen molar-refractivity contribution in [1.29, 1.82) is 0 Å². The SMILES string of the molecule is CC(C)c1nsc(N2CCC(Oc3ccn4nccc4n3)CC2)n1. The zero-order chi connectivity index (χ0) is 16.5. The van der Waals surface area contributed by atoms with E-state index in [1.165, 1.54) is 11.5 Å². The summed E-state index contributed by atoms with van der Waals surface area (Å²) >= 11 is 1.49. The molecule has 0 N–H and O–H groups in total. The standard InChI is InChI=1S/C16H20N6OS/c1-11(2)15-19-16(24-20-15)21-8-4-12(5-9-21)23-14-6-10-22-13(18-14)3-7-17-22/h3,6-7,10-12H,4-5,8-9H2,1-2H3. The van der Waals surface area contributed by atoms with Crippen molar-refractivity contribution in [2.45, 2.75) is 38.7 Å². The Labute approximate surface area is 144 Å². The maximum atomic E-state index is 6.05. The van der Waals surface area contributed by atoms with E-state index < -0.39 is 0 Å². The quantitative estimate of drug-likeness (QED) is 0.725. The second kappa shape index (κ2) is 6.35. The minimum atomic E-state index is 0.191. The molecule has 0 saturated carbocycles. The van der Waals surface area contributed by atoms with Gasteiger partial charge in [-0.05, 0) is 0 Å². The van der Waals surface area contributed by atoms with Crippen LogP contribution in [0.25, 0.3) is 5.65 Å². The van der Waals surface area contributed by atoms with E-state index in [2.05, 4.69) is 38.2 Å². The molecule has 0 radical (unpaired) electrons. The van der Waals surface area contributed by atoms with Crippen molar-refractivity contribution in [3.63, 3.8) is 0 Å². The second-order valence-electron chi connectivity index (χ2n) is 6.29. The Balaban J connectivity index is 1.36. The molecule has 8 heteroatoms. The van der Waals surface area contributed by atoms with Crippen LogP contribution in [0.1, 0.15) is 38.4 Å². The van der Waals surface area contributed by atoms with Crippen molar-refractivity contribution in [2.24, 2.45) is 0 Å². The summed E-state index contributed by atoms with van der Waals surface area (Å²) in [6.07, 6.45) is 5.72. The summed E-state index contributed by atoms with van der Waals surface area (Å²) in [7, 11) is 0. The Morgan fingerprint density at radius 1 is 1.21 bits per heavy atom. The molecule has 0 amide bonds. The summed E-state index contributed by atoms with van der Waals surface area (Å²) in [6.45, 7) is 6.12. The molecule has 126 valence electrons. The molecule has 7 nitrogen and oxygen atoms in total. The van der Waals surface area contributed by atoms with E-state index in [-0.39, 0.29) is 6.10 Å². The van der Waals surface area contributed by atoms with Crippen LogP contribution in [0, 0.1) is 0 Å². The van der Waals surface area contributed by atoms with E-state index in [1.807, 2.05) is 18.3 Å². The first-order chi connectivity index (χ1) is 11.7. The van der Waals surface area contributed by atoms with Crippen molar-refractivity contribution >= 4 is 22.3 Å². The molecule has 0 spiro atoms. The Hall–Kier alpha value is -2.22. The van der Waals surface area contributed by atoms with Crippen LogP contribution in [0.2, 0.25) is 0 Å². The van der Waals surface area contributed by atoms with E-state index in [0.717, 1.165) is 42.5 Å². The highest BCUT2D eigenvalue weighted by Crippen LogP contribution is 2.25. The number of aromatic nitrogens is 5. The molecule has 1 aliphatic rings. The Bertz CT molecular complexity index is 821. The molecule has 1 aliphatic heterocycles. The minimum absolute atomic E-state index is 0.191. The van der Waals surface area contributed by atoms with Crippen LogP contribution in [0.15, 0.2) is 24.5 Å². The molecule has 0 bridgehead atoms. The normalized spacial score (nSPS) is 16.2. The fourth-order valence-electron chi connectivity index (χ4n) is 2.79. The second-order valence-corrected chi connectivity index (χ2v) is 7.02. The molecule has 3 aromatic rings. The largest absolute Gasteiger partial charge is 0.474 e. The number of fused-ring (bicyclic) bond motifs is 1. The van der Waals surface area contributed by atoms with Crippen molar-refractivity contribution in [2.75, 3.05) is 18.0 Å². The molecule has 1 fully saturated rings. The molecule has 24 heavy (non-hydrogen) atoms. The molecule has 0 aliphatic carbocycles. The van der Waals surface area contributed by atoms with Crippen molar-refractivity contribution < 1.29 is 4.74 Å². The van der Waals surface area contributed by atoms with Gasteiger partial charge in [-0.2, -0.15) is 14.5 Å².